The molecule has 76 valence electrons. The highest BCUT2D eigenvalue weighted by atomic mass is 16.5. The lowest BCUT2D eigenvalue weighted by molar-refractivity contribution is 0.241. The maximum Gasteiger partial charge on any atom is 0.0873 e. The summed E-state index contributed by atoms with van der Waals surface area (Å²) >= 11 is 0. The maximum atomic E-state index is 5.03. The molecule has 0 aliphatic heterocycles. The monoisotopic (exact) mass is 182 g/mol. The number of hydrogen-bond acceptors (Lipinski definition) is 1. The lowest BCUT2D eigenvalue weighted by Crippen LogP contribution is -1.87. The first kappa shape index (κ1) is 12.3. The highest BCUT2D eigenvalue weighted by Crippen LogP contribution is 2.07. The van der Waals surface area contributed by atoms with Gasteiger partial charge in [0.1, 0.15) is 0 Å². The largest absolute Gasteiger partial charge is 0.502 e. The van der Waals surface area contributed by atoms with Crippen LogP contribution >= 0.6 is 0 Å². The van der Waals surface area contributed by atoms with Crippen LogP contribution in [0.5, 0.6) is 0 Å². The van der Waals surface area contributed by atoms with Crippen molar-refractivity contribution in [1.82, 2.24) is 0 Å². The van der Waals surface area contributed by atoms with Crippen LogP contribution in [0.2, 0.25) is 0 Å². The van der Waals surface area contributed by atoms with E-state index in [2.05, 4.69) is 13.2 Å². The molecule has 0 spiro atoms. The third kappa shape index (κ3) is 11.3. The summed E-state index contributed by atoms with van der Waals surface area (Å²) in [5, 5.41) is 0. The Bertz CT molecular complexity index is 104. The smallest absolute Gasteiger partial charge is 0.0873 e. The van der Waals surface area contributed by atoms with Crippen LogP contribution in [0.1, 0.15) is 44.9 Å². The van der Waals surface area contributed by atoms with Crippen LogP contribution in [-0.2, 0) is 4.74 Å². The normalized spacial score (nSPS) is 9.54. The standard InChI is InChI=1S/C12H22O/c1-3-5-6-7-8-9-10-11-12-13-4-2/h3-4H,1-2,5-12H2. The van der Waals surface area contributed by atoms with Gasteiger partial charge in [0.15, 0.2) is 0 Å². The van der Waals surface area contributed by atoms with Gasteiger partial charge in [0.2, 0.25) is 0 Å². The minimum atomic E-state index is 0.830. The second kappa shape index (κ2) is 11.3. The van der Waals surface area contributed by atoms with Crippen molar-refractivity contribution in [3.05, 3.63) is 25.5 Å². The molecule has 0 rings (SSSR count). The minimum absolute atomic E-state index is 0.830. The van der Waals surface area contributed by atoms with Gasteiger partial charge < -0.3 is 4.74 Å². The van der Waals surface area contributed by atoms with Gasteiger partial charge in [0.05, 0.1) is 12.9 Å². The Morgan fingerprint density at radius 3 is 2.08 bits per heavy atom. The Morgan fingerprint density at radius 2 is 1.46 bits per heavy atom. The van der Waals surface area contributed by atoms with Gasteiger partial charge in [-0.15, -0.1) is 6.58 Å². The molecule has 1 nitrogen and oxygen atoms in total. The van der Waals surface area contributed by atoms with Crippen LogP contribution in [0, 0.1) is 0 Å². The maximum absolute atomic E-state index is 5.03. The Kier molecular flexibility index (Phi) is 10.7. The first-order valence-electron chi connectivity index (χ1n) is 5.25. The Hall–Kier alpha value is -0.720. The molecule has 13 heavy (non-hydrogen) atoms. The molecule has 0 heterocycles. The van der Waals surface area contributed by atoms with E-state index in [1.54, 1.807) is 0 Å². The fraction of sp³-hybridized carbons (Fsp3) is 0.667. The van der Waals surface area contributed by atoms with Crippen LogP contribution in [0.4, 0.5) is 0 Å². The lowest BCUT2D eigenvalue weighted by atomic mass is 10.1. The summed E-state index contributed by atoms with van der Waals surface area (Å²) in [6, 6.07) is 0. The van der Waals surface area contributed by atoms with Gasteiger partial charge in [-0.1, -0.05) is 38.3 Å². The molecule has 0 aliphatic rings. The molecule has 0 saturated heterocycles. The summed E-state index contributed by atoms with van der Waals surface area (Å²) in [4.78, 5) is 0. The summed E-state index contributed by atoms with van der Waals surface area (Å²) in [6.07, 6.45) is 12.4. The van der Waals surface area contributed by atoms with E-state index in [0.29, 0.717) is 0 Å². The molecule has 0 saturated carbocycles. The number of unbranched alkanes of at least 4 members (excludes halogenated alkanes) is 6. The van der Waals surface area contributed by atoms with Crippen LogP contribution in [0.15, 0.2) is 25.5 Å². The zero-order chi connectivity index (χ0) is 9.78. The predicted molar refractivity (Wildman–Crippen MR) is 58.7 cm³/mol. The summed E-state index contributed by atoms with van der Waals surface area (Å²) in [6.45, 7) is 8.03. The molecule has 0 aliphatic carbocycles. The molecule has 0 atom stereocenters. The third-order valence-corrected chi connectivity index (χ3v) is 2.04. The molecule has 0 radical (unpaired) electrons. The molecule has 0 aromatic heterocycles. The molecule has 1 heteroatoms. The zero-order valence-electron chi connectivity index (χ0n) is 8.63. The van der Waals surface area contributed by atoms with E-state index in [9.17, 15) is 0 Å². The van der Waals surface area contributed by atoms with Gasteiger partial charge in [0.25, 0.3) is 0 Å². The Balaban J connectivity index is 2.83. The summed E-state index contributed by atoms with van der Waals surface area (Å²) < 4.78 is 5.03. The van der Waals surface area contributed by atoms with E-state index in [1.165, 1.54) is 44.8 Å². The Morgan fingerprint density at radius 1 is 0.846 bits per heavy atom. The Labute approximate surface area is 82.5 Å². The lowest BCUT2D eigenvalue weighted by Gasteiger charge is -2.00. The summed E-state index contributed by atoms with van der Waals surface area (Å²) in [7, 11) is 0. The van der Waals surface area contributed by atoms with Crippen molar-refractivity contribution in [1.29, 1.82) is 0 Å². The van der Waals surface area contributed by atoms with Gasteiger partial charge in [-0.05, 0) is 19.3 Å². The summed E-state index contributed by atoms with van der Waals surface area (Å²) in [5.74, 6) is 0. The van der Waals surface area contributed by atoms with E-state index >= 15 is 0 Å². The van der Waals surface area contributed by atoms with Crippen molar-refractivity contribution in [2.45, 2.75) is 44.9 Å². The van der Waals surface area contributed by atoms with Crippen molar-refractivity contribution >= 4 is 0 Å². The first-order valence-corrected chi connectivity index (χ1v) is 5.25. The van der Waals surface area contributed by atoms with Gasteiger partial charge in [-0.3, -0.25) is 0 Å². The molecule has 0 amide bonds. The topological polar surface area (TPSA) is 9.23 Å². The second-order valence-corrected chi connectivity index (χ2v) is 3.24. The molecule has 0 N–H and O–H groups in total. The molecule has 0 aromatic rings. The van der Waals surface area contributed by atoms with E-state index in [-0.39, 0.29) is 0 Å². The quantitative estimate of drug-likeness (QED) is 0.281. The zero-order valence-corrected chi connectivity index (χ0v) is 8.63. The van der Waals surface area contributed by atoms with E-state index < -0.39 is 0 Å². The average molecular weight is 182 g/mol. The number of hydrogen-bond donors (Lipinski definition) is 0. The molecular weight excluding hydrogens is 160 g/mol. The minimum Gasteiger partial charge on any atom is -0.502 e. The van der Waals surface area contributed by atoms with Gasteiger partial charge in [-0.25, -0.2) is 0 Å². The fourth-order valence-electron chi connectivity index (χ4n) is 1.26. The van der Waals surface area contributed by atoms with Crippen LogP contribution < -0.4 is 0 Å². The first-order chi connectivity index (χ1) is 6.41. The van der Waals surface area contributed by atoms with E-state index in [0.717, 1.165) is 13.0 Å². The van der Waals surface area contributed by atoms with Crippen LogP contribution in [-0.4, -0.2) is 6.61 Å². The van der Waals surface area contributed by atoms with E-state index in [1.807, 2.05) is 6.08 Å². The van der Waals surface area contributed by atoms with Crippen molar-refractivity contribution in [3.63, 3.8) is 0 Å². The SMILES string of the molecule is C=CCCCCCCCCOC=C. The average Bonchev–Trinajstić information content (AvgIpc) is 2.16. The highest BCUT2D eigenvalue weighted by molar-refractivity contribution is 4.65. The van der Waals surface area contributed by atoms with Crippen molar-refractivity contribution in [2.24, 2.45) is 0 Å². The fourth-order valence-corrected chi connectivity index (χ4v) is 1.26. The van der Waals surface area contributed by atoms with Crippen molar-refractivity contribution in [3.8, 4) is 0 Å². The van der Waals surface area contributed by atoms with Gasteiger partial charge in [0, 0.05) is 0 Å². The van der Waals surface area contributed by atoms with Crippen LogP contribution in [0.3, 0.4) is 0 Å². The molecule has 0 bridgehead atoms. The van der Waals surface area contributed by atoms with Gasteiger partial charge >= 0.3 is 0 Å². The highest BCUT2D eigenvalue weighted by Gasteiger charge is 1.90. The van der Waals surface area contributed by atoms with E-state index in [4.69, 9.17) is 4.74 Å². The number of rotatable bonds is 10. The van der Waals surface area contributed by atoms with Gasteiger partial charge in [-0.2, -0.15) is 0 Å². The molecular formula is C12H22O. The number of ether oxygens (including phenoxy) is 1. The second-order valence-electron chi connectivity index (χ2n) is 3.24. The molecule has 0 aromatic carbocycles. The van der Waals surface area contributed by atoms with Crippen LogP contribution in [0.25, 0.3) is 0 Å². The third-order valence-electron chi connectivity index (χ3n) is 2.04. The summed E-state index contributed by atoms with van der Waals surface area (Å²) in [5.41, 5.74) is 0. The number of allylic oxidation sites excluding steroid dienone is 1. The molecule has 0 unspecified atom stereocenters. The predicted octanol–water partition coefficient (Wildman–Crippen LogP) is 4.06. The van der Waals surface area contributed by atoms with Crippen molar-refractivity contribution < 1.29 is 4.74 Å². The molecule has 0 fully saturated rings. The van der Waals surface area contributed by atoms with Crippen molar-refractivity contribution in [2.75, 3.05) is 6.61 Å².